The minimum atomic E-state index is -0.866. The lowest BCUT2D eigenvalue weighted by Gasteiger charge is -2.31. The topological polar surface area (TPSA) is 80.2 Å². The number of anilines is 1. The van der Waals surface area contributed by atoms with Crippen LogP contribution in [0.4, 0.5) is 5.69 Å². The van der Waals surface area contributed by atoms with Gasteiger partial charge >= 0.3 is 0 Å². The Morgan fingerprint density at radius 2 is 1.92 bits per heavy atom. The van der Waals surface area contributed by atoms with E-state index in [1.165, 1.54) is 0 Å². The third kappa shape index (κ3) is 3.16. The predicted octanol–water partition coefficient (Wildman–Crippen LogP) is 3.28. The van der Waals surface area contributed by atoms with Crippen molar-refractivity contribution in [1.82, 2.24) is 0 Å². The molecule has 0 radical (unpaired) electrons. The summed E-state index contributed by atoms with van der Waals surface area (Å²) in [5.41, 5.74) is 6.65. The first-order chi connectivity index (χ1) is 11.0. The standard InChI is InChI=1S/C19H24N2O3/c1-12(13-6-7-14(10-22)16(20)8-13)17(23)15-9-18(2,3)11-21(24)19(15,4)5/h6-10,12H,11H2,1-5H3,(H-,20,22)/p+1. The maximum absolute atomic E-state index is 13.1. The smallest absolute Gasteiger partial charge is 0.233 e. The van der Waals surface area contributed by atoms with E-state index in [4.69, 9.17) is 5.73 Å². The molecular weight excluding hydrogens is 304 g/mol. The summed E-state index contributed by atoms with van der Waals surface area (Å²) < 4.78 is 0.983. The summed E-state index contributed by atoms with van der Waals surface area (Å²) in [7, 11) is 0. The van der Waals surface area contributed by atoms with E-state index in [1.54, 1.807) is 39.0 Å². The highest BCUT2D eigenvalue weighted by Gasteiger charge is 2.50. The maximum Gasteiger partial charge on any atom is 0.233 e. The maximum atomic E-state index is 13.1. The van der Waals surface area contributed by atoms with Crippen molar-refractivity contribution in [2.24, 2.45) is 5.41 Å². The summed E-state index contributed by atoms with van der Waals surface area (Å²) in [5, 5.41) is 0. The van der Waals surface area contributed by atoms with Gasteiger partial charge in [0.1, 0.15) is 0 Å². The molecule has 2 N–H and O–H groups in total. The lowest BCUT2D eigenvalue weighted by molar-refractivity contribution is -0.622. The first-order valence-electron chi connectivity index (χ1n) is 8.06. The molecule has 1 aliphatic heterocycles. The summed E-state index contributed by atoms with van der Waals surface area (Å²) in [5.74, 6) is -0.535. The molecule has 0 bridgehead atoms. The molecule has 0 amide bonds. The Kier molecular flexibility index (Phi) is 4.48. The van der Waals surface area contributed by atoms with Gasteiger partial charge in [-0.1, -0.05) is 32.9 Å². The largest absolute Gasteiger partial charge is 0.398 e. The Hall–Kier alpha value is -2.30. The number of benzene rings is 1. The molecule has 0 aromatic heterocycles. The lowest BCUT2D eigenvalue weighted by Crippen LogP contribution is -2.48. The van der Waals surface area contributed by atoms with Crippen molar-refractivity contribution in [3.63, 3.8) is 0 Å². The summed E-state index contributed by atoms with van der Waals surface area (Å²) >= 11 is 0. The molecule has 1 aromatic carbocycles. The van der Waals surface area contributed by atoms with Gasteiger partial charge in [-0.2, -0.15) is 0 Å². The number of hydrogen-bond acceptors (Lipinski definition) is 4. The van der Waals surface area contributed by atoms with Crippen molar-refractivity contribution in [3.8, 4) is 0 Å². The fraction of sp³-hybridized carbons (Fsp3) is 0.474. The number of nitrogens with two attached hydrogens (primary N) is 1. The van der Waals surface area contributed by atoms with Crippen LogP contribution in [0.25, 0.3) is 0 Å². The average molecular weight is 329 g/mol. The molecule has 0 aliphatic carbocycles. The van der Waals surface area contributed by atoms with Crippen LogP contribution in [-0.4, -0.2) is 28.9 Å². The molecule has 2 rings (SSSR count). The Labute approximate surface area is 142 Å². The van der Waals surface area contributed by atoms with Crippen molar-refractivity contribution in [2.45, 2.75) is 46.1 Å². The van der Waals surface area contributed by atoms with Gasteiger partial charge in [0, 0.05) is 46.1 Å². The lowest BCUT2D eigenvalue weighted by atomic mass is 9.75. The van der Waals surface area contributed by atoms with Gasteiger partial charge in [-0.25, -0.2) is 0 Å². The molecule has 1 aliphatic rings. The van der Waals surface area contributed by atoms with Crippen LogP contribution in [0.1, 0.15) is 56.5 Å². The molecule has 5 heteroatoms. The molecule has 1 unspecified atom stereocenters. The number of aldehydes is 1. The van der Waals surface area contributed by atoms with Crippen molar-refractivity contribution < 1.29 is 14.3 Å². The van der Waals surface area contributed by atoms with Gasteiger partial charge in [0.25, 0.3) is 0 Å². The van der Waals surface area contributed by atoms with Crippen molar-refractivity contribution >= 4 is 17.8 Å². The van der Waals surface area contributed by atoms with E-state index < -0.39 is 11.5 Å². The van der Waals surface area contributed by atoms with Crippen LogP contribution in [0.3, 0.4) is 0 Å². The fourth-order valence-corrected chi connectivity index (χ4v) is 3.04. The van der Waals surface area contributed by atoms with E-state index in [1.807, 2.05) is 19.9 Å². The monoisotopic (exact) mass is 329 g/mol. The minimum absolute atomic E-state index is 0.0909. The Balaban J connectivity index is 2.43. The predicted molar refractivity (Wildman–Crippen MR) is 94.1 cm³/mol. The number of ketones is 1. The van der Waals surface area contributed by atoms with Crippen molar-refractivity contribution in [3.05, 3.63) is 45.9 Å². The van der Waals surface area contributed by atoms with Gasteiger partial charge in [0.15, 0.2) is 12.1 Å². The zero-order chi connectivity index (χ0) is 18.3. The van der Waals surface area contributed by atoms with Gasteiger partial charge in [-0.3, -0.25) is 9.59 Å². The van der Waals surface area contributed by atoms with Crippen LogP contribution in [0.5, 0.6) is 0 Å². The zero-order valence-corrected chi connectivity index (χ0v) is 14.9. The molecule has 5 nitrogen and oxygen atoms in total. The Morgan fingerprint density at radius 1 is 1.29 bits per heavy atom. The molecular formula is C19H25N2O3+. The molecule has 0 spiro atoms. The number of nitrogens with zero attached hydrogens (tertiary/aromatic N) is 1. The molecule has 0 saturated heterocycles. The van der Waals surface area contributed by atoms with E-state index >= 15 is 0 Å². The fourth-order valence-electron chi connectivity index (χ4n) is 3.04. The van der Waals surface area contributed by atoms with E-state index in [2.05, 4.69) is 0 Å². The third-order valence-corrected chi connectivity index (χ3v) is 4.77. The van der Waals surface area contributed by atoms with Crippen LogP contribution in [0.15, 0.2) is 29.8 Å². The zero-order valence-electron chi connectivity index (χ0n) is 14.9. The molecule has 0 fully saturated rings. The minimum Gasteiger partial charge on any atom is -0.398 e. The SMILES string of the molecule is CC(C(=O)C1=CC(C)(C)C[N+](=O)C1(C)C)c1ccc(C=O)c(N)c1. The normalized spacial score (nSPS) is 20.2. The molecule has 128 valence electrons. The van der Waals surface area contributed by atoms with Gasteiger partial charge in [0.05, 0.1) is 5.57 Å². The number of nitroso groups, excluding NO2 is 1. The molecule has 1 heterocycles. The highest BCUT2D eigenvalue weighted by molar-refractivity contribution is 6.02. The summed E-state index contributed by atoms with van der Waals surface area (Å²) in [6.07, 6.45) is 2.61. The number of carbonyl (C=O) groups excluding carboxylic acids is 2. The second kappa shape index (κ2) is 5.96. The summed E-state index contributed by atoms with van der Waals surface area (Å²) in [4.78, 5) is 36.4. The molecule has 0 saturated carbocycles. The summed E-state index contributed by atoms with van der Waals surface area (Å²) in [6, 6.07) is 5.01. The second-order valence-electron chi connectivity index (χ2n) is 7.73. The summed E-state index contributed by atoms with van der Waals surface area (Å²) in [6.45, 7) is 9.59. The number of carbonyl (C=O) groups is 2. The van der Waals surface area contributed by atoms with Gasteiger partial charge in [-0.05, 0) is 17.7 Å². The van der Waals surface area contributed by atoms with Gasteiger partial charge in [0.2, 0.25) is 12.1 Å². The third-order valence-electron chi connectivity index (χ3n) is 4.77. The Morgan fingerprint density at radius 3 is 2.46 bits per heavy atom. The molecule has 1 aromatic rings. The van der Waals surface area contributed by atoms with Crippen molar-refractivity contribution in [1.29, 1.82) is 0 Å². The van der Waals surface area contributed by atoms with E-state index in [0.29, 0.717) is 29.7 Å². The van der Waals surface area contributed by atoms with Crippen LogP contribution in [-0.2, 0) is 4.79 Å². The van der Waals surface area contributed by atoms with Crippen molar-refractivity contribution in [2.75, 3.05) is 12.3 Å². The molecule has 1 atom stereocenters. The van der Waals surface area contributed by atoms with E-state index in [9.17, 15) is 14.5 Å². The van der Waals surface area contributed by atoms with Crippen LogP contribution in [0, 0.1) is 10.3 Å². The molecule has 24 heavy (non-hydrogen) atoms. The van der Waals surface area contributed by atoms with E-state index in [0.717, 1.165) is 10.3 Å². The average Bonchev–Trinajstić information content (AvgIpc) is 2.49. The quantitative estimate of drug-likeness (QED) is 0.522. The first-order valence-corrected chi connectivity index (χ1v) is 8.06. The van der Waals surface area contributed by atoms with Crippen LogP contribution in [0.2, 0.25) is 0 Å². The Bertz CT molecular complexity index is 745. The van der Waals surface area contributed by atoms with Crippen LogP contribution >= 0.6 is 0 Å². The van der Waals surface area contributed by atoms with Crippen LogP contribution < -0.4 is 5.73 Å². The number of nitrogen functional groups attached to an aromatic ring is 1. The second-order valence-corrected chi connectivity index (χ2v) is 7.73. The van der Waals surface area contributed by atoms with Gasteiger partial charge < -0.3 is 5.73 Å². The number of rotatable bonds is 4. The number of Topliss-reactive ketones (excluding diaryl/α,β-unsaturated/α-hetero) is 1. The first kappa shape index (κ1) is 18.0. The van der Waals surface area contributed by atoms with E-state index in [-0.39, 0.29) is 11.2 Å². The highest BCUT2D eigenvalue weighted by Crippen LogP contribution is 2.37. The highest BCUT2D eigenvalue weighted by atomic mass is 16.3. The van der Waals surface area contributed by atoms with Gasteiger partial charge in [-0.15, -0.1) is 0 Å². The number of hydrogen-bond donors (Lipinski definition) is 1.